The lowest BCUT2D eigenvalue weighted by Crippen LogP contribution is -2.30. The molecule has 3 rings (SSSR count). The third kappa shape index (κ3) is 3.92. The quantitative estimate of drug-likeness (QED) is 0.554. The topological polar surface area (TPSA) is 46.6 Å². The van der Waals surface area contributed by atoms with E-state index in [0.717, 1.165) is 5.75 Å². The minimum atomic E-state index is -3.60. The fraction of sp³-hybridized carbons (Fsp3) is 0.0526. The Bertz CT molecular complexity index is 919. The van der Waals surface area contributed by atoms with Gasteiger partial charge in [-0.15, -0.1) is 17.9 Å². The molecule has 0 spiro atoms. The van der Waals surface area contributed by atoms with Crippen molar-refractivity contribution in [3.63, 3.8) is 0 Å². The molecule has 0 N–H and O–H groups in total. The van der Waals surface area contributed by atoms with E-state index in [2.05, 4.69) is 6.58 Å². The van der Waals surface area contributed by atoms with Crippen molar-refractivity contribution in [3.05, 3.63) is 84.8 Å². The first-order valence-corrected chi connectivity index (χ1v) is 9.93. The molecule has 1 heterocycles. The molecule has 0 aliphatic carbocycles. The van der Waals surface area contributed by atoms with Crippen LogP contribution in [0.15, 0.2) is 89.0 Å². The van der Waals surface area contributed by atoms with Gasteiger partial charge in [-0.3, -0.25) is 4.31 Å². The highest BCUT2D eigenvalue weighted by Crippen LogP contribution is 2.29. The van der Waals surface area contributed by atoms with Gasteiger partial charge in [-0.25, -0.2) is 8.42 Å². The highest BCUT2D eigenvalue weighted by Gasteiger charge is 2.24. The van der Waals surface area contributed by atoms with Crippen LogP contribution in [0.2, 0.25) is 0 Å². The van der Waals surface area contributed by atoms with E-state index in [1.807, 2.05) is 30.3 Å². The summed E-state index contributed by atoms with van der Waals surface area (Å²) >= 11 is 1.20. The zero-order chi connectivity index (χ0) is 17.7. The summed E-state index contributed by atoms with van der Waals surface area (Å²) in [5, 5.41) is 1.75. The van der Waals surface area contributed by atoms with Crippen molar-refractivity contribution in [2.24, 2.45) is 0 Å². The second-order valence-corrected chi connectivity index (χ2v) is 8.20. The molecule has 0 saturated heterocycles. The van der Waals surface area contributed by atoms with Crippen LogP contribution in [0.5, 0.6) is 11.5 Å². The van der Waals surface area contributed by atoms with E-state index in [0.29, 0.717) is 15.6 Å². The Balaban J connectivity index is 1.86. The lowest BCUT2D eigenvalue weighted by atomic mass is 10.3. The van der Waals surface area contributed by atoms with E-state index in [9.17, 15) is 8.42 Å². The minimum absolute atomic E-state index is 0.194. The first-order chi connectivity index (χ1) is 12.1. The molecule has 0 unspecified atom stereocenters. The minimum Gasteiger partial charge on any atom is -0.457 e. The average Bonchev–Trinajstić information content (AvgIpc) is 3.17. The summed E-state index contributed by atoms with van der Waals surface area (Å²) in [6.45, 7) is 3.86. The largest absolute Gasteiger partial charge is 0.457 e. The predicted molar refractivity (Wildman–Crippen MR) is 102 cm³/mol. The molecule has 0 bridgehead atoms. The van der Waals surface area contributed by atoms with Crippen LogP contribution in [0, 0.1) is 0 Å². The van der Waals surface area contributed by atoms with Crippen LogP contribution in [-0.4, -0.2) is 15.0 Å². The third-order valence-corrected chi connectivity index (χ3v) is 6.60. The Morgan fingerprint density at radius 2 is 1.64 bits per heavy atom. The van der Waals surface area contributed by atoms with Gasteiger partial charge in [-0.05, 0) is 47.8 Å². The summed E-state index contributed by atoms with van der Waals surface area (Å²) in [4.78, 5) is 0. The highest BCUT2D eigenvalue weighted by molar-refractivity contribution is 7.94. The van der Waals surface area contributed by atoms with Crippen molar-refractivity contribution in [2.75, 3.05) is 10.8 Å². The van der Waals surface area contributed by atoms with Crippen molar-refractivity contribution in [1.82, 2.24) is 0 Å². The number of thiophene rings is 1. The average molecular weight is 371 g/mol. The first-order valence-electron chi connectivity index (χ1n) is 7.61. The molecule has 0 aliphatic rings. The highest BCUT2D eigenvalue weighted by atomic mass is 32.2. The van der Waals surface area contributed by atoms with Crippen LogP contribution >= 0.6 is 11.3 Å². The Morgan fingerprint density at radius 1 is 0.960 bits per heavy atom. The van der Waals surface area contributed by atoms with Crippen molar-refractivity contribution in [3.8, 4) is 11.5 Å². The fourth-order valence-corrected chi connectivity index (χ4v) is 4.82. The van der Waals surface area contributed by atoms with Gasteiger partial charge in [-0.2, -0.15) is 0 Å². The van der Waals surface area contributed by atoms with Gasteiger partial charge < -0.3 is 4.74 Å². The Labute approximate surface area is 151 Å². The summed E-state index contributed by atoms with van der Waals surface area (Å²) in [6.07, 6.45) is 1.57. The molecule has 3 aromatic rings. The zero-order valence-electron chi connectivity index (χ0n) is 13.4. The third-order valence-electron chi connectivity index (χ3n) is 3.44. The van der Waals surface area contributed by atoms with Crippen LogP contribution in [0.3, 0.4) is 0 Å². The fourth-order valence-electron chi connectivity index (χ4n) is 2.28. The van der Waals surface area contributed by atoms with Crippen molar-refractivity contribution < 1.29 is 13.2 Å². The number of nitrogens with zero attached hydrogens (tertiary/aromatic N) is 1. The van der Waals surface area contributed by atoms with Gasteiger partial charge in [0.15, 0.2) is 0 Å². The number of ether oxygens (including phenoxy) is 1. The molecule has 1 aromatic heterocycles. The normalized spacial score (nSPS) is 11.0. The van der Waals surface area contributed by atoms with Crippen molar-refractivity contribution in [2.45, 2.75) is 4.21 Å². The van der Waals surface area contributed by atoms with Gasteiger partial charge in [-0.1, -0.05) is 30.3 Å². The maximum atomic E-state index is 12.8. The number of anilines is 1. The smallest absolute Gasteiger partial charge is 0.274 e. The van der Waals surface area contributed by atoms with Gasteiger partial charge in [0.05, 0.1) is 12.2 Å². The molecule has 25 heavy (non-hydrogen) atoms. The van der Waals surface area contributed by atoms with Crippen molar-refractivity contribution in [1.29, 1.82) is 0 Å². The van der Waals surface area contributed by atoms with Gasteiger partial charge >= 0.3 is 0 Å². The molecule has 0 fully saturated rings. The SMILES string of the molecule is C=CCN(c1ccc(Oc2ccccc2)cc1)S(=O)(=O)c1cccs1. The Morgan fingerprint density at radius 3 is 2.24 bits per heavy atom. The monoisotopic (exact) mass is 371 g/mol. The van der Waals surface area contributed by atoms with Gasteiger partial charge in [0, 0.05) is 0 Å². The first kappa shape index (κ1) is 17.3. The van der Waals surface area contributed by atoms with E-state index >= 15 is 0 Å². The molecule has 0 aliphatic heterocycles. The lowest BCUT2D eigenvalue weighted by molar-refractivity contribution is 0.482. The van der Waals surface area contributed by atoms with E-state index in [4.69, 9.17) is 4.74 Å². The number of para-hydroxylation sites is 1. The second-order valence-electron chi connectivity index (χ2n) is 5.17. The standard InChI is InChI=1S/C19H17NO3S2/c1-2-14-20(25(21,22)19-9-6-15-24-19)16-10-12-18(13-11-16)23-17-7-4-3-5-8-17/h2-13,15H,1,14H2. The van der Waals surface area contributed by atoms with Gasteiger partial charge in [0.1, 0.15) is 15.7 Å². The Kier molecular flexibility index (Phi) is 5.21. The van der Waals surface area contributed by atoms with Crippen LogP contribution in [0.25, 0.3) is 0 Å². The molecular weight excluding hydrogens is 354 g/mol. The molecule has 6 heteroatoms. The predicted octanol–water partition coefficient (Wildman–Crippen LogP) is 4.92. The van der Waals surface area contributed by atoms with Crippen LogP contribution in [-0.2, 0) is 10.0 Å². The second kappa shape index (κ2) is 7.55. The van der Waals surface area contributed by atoms with E-state index in [1.54, 1.807) is 47.9 Å². The molecular formula is C19H17NO3S2. The number of benzene rings is 2. The van der Waals surface area contributed by atoms with Gasteiger partial charge in [0.25, 0.3) is 10.0 Å². The summed E-state index contributed by atoms with van der Waals surface area (Å²) in [6, 6.07) is 19.7. The number of sulfonamides is 1. The maximum absolute atomic E-state index is 12.8. The molecule has 0 amide bonds. The maximum Gasteiger partial charge on any atom is 0.274 e. The van der Waals surface area contributed by atoms with Crippen LogP contribution in [0.1, 0.15) is 0 Å². The summed E-state index contributed by atoms with van der Waals surface area (Å²) in [7, 11) is -3.60. The summed E-state index contributed by atoms with van der Waals surface area (Å²) in [5.74, 6) is 1.37. The number of rotatable bonds is 7. The molecule has 2 aromatic carbocycles. The van der Waals surface area contributed by atoms with Gasteiger partial charge in [0.2, 0.25) is 0 Å². The van der Waals surface area contributed by atoms with E-state index < -0.39 is 10.0 Å². The molecule has 0 atom stereocenters. The Hall–Kier alpha value is -2.57. The van der Waals surface area contributed by atoms with E-state index in [-0.39, 0.29) is 6.54 Å². The summed E-state index contributed by atoms with van der Waals surface area (Å²) in [5.41, 5.74) is 0.564. The molecule has 128 valence electrons. The van der Waals surface area contributed by atoms with Crippen molar-refractivity contribution >= 4 is 27.0 Å². The van der Waals surface area contributed by atoms with Crippen LogP contribution < -0.4 is 9.04 Å². The number of hydrogen-bond acceptors (Lipinski definition) is 4. The van der Waals surface area contributed by atoms with E-state index in [1.165, 1.54) is 15.6 Å². The number of hydrogen-bond donors (Lipinski definition) is 0. The van der Waals surface area contributed by atoms with Crippen LogP contribution in [0.4, 0.5) is 5.69 Å². The zero-order valence-corrected chi connectivity index (χ0v) is 15.0. The molecule has 4 nitrogen and oxygen atoms in total. The molecule has 0 radical (unpaired) electrons. The lowest BCUT2D eigenvalue weighted by Gasteiger charge is -2.22. The summed E-state index contributed by atoms with van der Waals surface area (Å²) < 4.78 is 33.0. The molecule has 0 saturated carbocycles.